The molecule has 2 aliphatic heterocycles. The van der Waals surface area contributed by atoms with E-state index < -0.39 is 8.07 Å². The van der Waals surface area contributed by atoms with Gasteiger partial charge in [-0.05, 0) is 92.2 Å². The second-order valence-electron chi connectivity index (χ2n) is 15.4. The van der Waals surface area contributed by atoms with E-state index in [0.717, 1.165) is 48.7 Å². The van der Waals surface area contributed by atoms with Gasteiger partial charge in [-0.15, -0.1) is 0 Å². The minimum atomic E-state index is -1.25. The highest BCUT2D eigenvalue weighted by atomic mass is 28.3. The number of allylic oxidation sites excluding steroid dienone is 2. The van der Waals surface area contributed by atoms with Crippen molar-refractivity contribution in [1.29, 1.82) is 5.26 Å². The van der Waals surface area contributed by atoms with Gasteiger partial charge in [0.05, 0.1) is 28.3 Å². The Labute approximate surface area is 256 Å². The van der Waals surface area contributed by atoms with Gasteiger partial charge >= 0.3 is 0 Å². The van der Waals surface area contributed by atoms with Gasteiger partial charge in [-0.3, -0.25) is 4.79 Å². The predicted octanol–water partition coefficient (Wildman–Crippen LogP) is 7.28. The Kier molecular flexibility index (Phi) is 7.35. The quantitative estimate of drug-likeness (QED) is 0.240. The molecule has 4 heterocycles. The second kappa shape index (κ2) is 10.5. The van der Waals surface area contributed by atoms with Gasteiger partial charge in [-0.2, -0.15) is 5.26 Å². The molecule has 43 heavy (non-hydrogen) atoms. The Morgan fingerprint density at radius 1 is 1.19 bits per heavy atom. The molecular formula is C34H45N5O3Si. The Bertz CT molecular complexity index is 1560. The zero-order valence-corrected chi connectivity index (χ0v) is 27.7. The van der Waals surface area contributed by atoms with Crippen molar-refractivity contribution in [2.75, 3.05) is 11.9 Å². The van der Waals surface area contributed by atoms with E-state index >= 15 is 0 Å². The number of hydrogen-bond donors (Lipinski definition) is 1. The maximum atomic E-state index is 13.7. The van der Waals surface area contributed by atoms with Crippen LogP contribution in [0.1, 0.15) is 87.5 Å². The molecule has 2 aromatic heterocycles. The van der Waals surface area contributed by atoms with E-state index in [9.17, 15) is 10.1 Å². The van der Waals surface area contributed by atoms with Gasteiger partial charge in [0.15, 0.2) is 5.69 Å². The van der Waals surface area contributed by atoms with Crippen molar-refractivity contribution in [3.63, 3.8) is 0 Å². The third kappa shape index (κ3) is 6.02. The number of nitriles is 1. The Morgan fingerprint density at radius 3 is 2.65 bits per heavy atom. The number of pyridine rings is 1. The Balaban J connectivity index is 1.29. The number of aromatic nitrogens is 3. The van der Waals surface area contributed by atoms with E-state index in [4.69, 9.17) is 14.5 Å². The maximum Gasteiger partial charge on any atom is 0.291 e. The number of fused-ring (bicyclic) bond motifs is 5. The summed E-state index contributed by atoms with van der Waals surface area (Å²) in [5.41, 5.74) is 4.85. The number of nitrogens with zero attached hydrogens (tertiary/aromatic N) is 4. The second-order valence-corrected chi connectivity index (χ2v) is 21.0. The normalized spacial score (nSPS) is 28.9. The molecule has 4 unspecified atom stereocenters. The minimum Gasteiger partial charge on any atom is -0.364 e. The van der Waals surface area contributed by atoms with E-state index in [0.29, 0.717) is 24.1 Å². The van der Waals surface area contributed by atoms with Crippen molar-refractivity contribution in [1.82, 2.24) is 14.5 Å². The van der Waals surface area contributed by atoms with Crippen LogP contribution in [-0.4, -0.2) is 46.3 Å². The zero-order valence-electron chi connectivity index (χ0n) is 26.7. The molecule has 6 rings (SSSR count). The Morgan fingerprint density at radius 2 is 1.98 bits per heavy atom. The van der Waals surface area contributed by atoms with Crippen LogP contribution in [0.4, 0.5) is 5.69 Å². The van der Waals surface area contributed by atoms with Crippen LogP contribution in [0.15, 0.2) is 30.5 Å². The highest BCUT2D eigenvalue weighted by molar-refractivity contribution is 6.76. The molecule has 2 aliphatic carbocycles. The molecule has 1 saturated carbocycles. The first-order chi connectivity index (χ1) is 20.2. The predicted molar refractivity (Wildman–Crippen MR) is 171 cm³/mol. The third-order valence-corrected chi connectivity index (χ3v) is 11.5. The fourth-order valence-electron chi connectivity index (χ4n) is 7.14. The van der Waals surface area contributed by atoms with Gasteiger partial charge in [0, 0.05) is 27.3 Å². The lowest BCUT2D eigenvalue weighted by molar-refractivity contribution is -0.0930. The number of amides is 1. The lowest BCUT2D eigenvalue weighted by atomic mass is 9.77. The zero-order chi connectivity index (χ0) is 30.8. The smallest absolute Gasteiger partial charge is 0.291 e. The van der Waals surface area contributed by atoms with Gasteiger partial charge in [-0.25, -0.2) is 9.97 Å². The molecule has 2 aromatic rings. The average molecular weight is 600 g/mol. The van der Waals surface area contributed by atoms with Crippen molar-refractivity contribution >= 4 is 30.8 Å². The molecule has 228 valence electrons. The molecule has 2 bridgehead atoms. The van der Waals surface area contributed by atoms with Crippen molar-refractivity contribution in [2.24, 2.45) is 17.3 Å². The number of ether oxygens (including phenoxy) is 2. The first kappa shape index (κ1) is 30.0. The van der Waals surface area contributed by atoms with Crippen LogP contribution in [0.5, 0.6) is 0 Å². The maximum absolute atomic E-state index is 13.7. The molecule has 0 radical (unpaired) electrons. The standard InChI is InChI=1S/C34H45N5O3Si/c1-32(2)12-10-22(11-13-32)29-28(9-8-27(37-29)23-17-33(3)25-16-26(25)34(4,18-23)42-33)38-31(40)30-36-24(19-35)20-39(30)21-41-14-15-43(5,6)7/h8-10,17,20,25-26H,11-16,18,21H2,1-7H3,(H,38,40). The van der Waals surface area contributed by atoms with Crippen LogP contribution in [0, 0.1) is 28.6 Å². The summed E-state index contributed by atoms with van der Waals surface area (Å²) >= 11 is 0. The molecule has 9 heteroatoms. The lowest BCUT2D eigenvalue weighted by Crippen LogP contribution is -2.39. The summed E-state index contributed by atoms with van der Waals surface area (Å²) in [5, 5.41) is 12.6. The van der Waals surface area contributed by atoms with Crippen molar-refractivity contribution in [3.8, 4) is 6.07 Å². The van der Waals surface area contributed by atoms with E-state index in [-0.39, 0.29) is 40.8 Å². The molecule has 1 amide bonds. The molecular weight excluding hydrogens is 554 g/mol. The summed E-state index contributed by atoms with van der Waals surface area (Å²) < 4.78 is 14.1. The van der Waals surface area contributed by atoms with Gasteiger partial charge in [0.25, 0.3) is 5.91 Å². The highest BCUT2D eigenvalue weighted by Crippen LogP contribution is 2.67. The fourth-order valence-corrected chi connectivity index (χ4v) is 7.90. The molecule has 0 spiro atoms. The largest absolute Gasteiger partial charge is 0.364 e. The van der Waals surface area contributed by atoms with E-state index in [1.54, 1.807) is 10.8 Å². The SMILES string of the molecule is CC1(C)CC=C(c2nc(C3=CC4(C)OC(C)(C3)C3CC34)ccc2NC(=O)c2nc(C#N)cn2COCC[Si](C)(C)C)CC1. The monoisotopic (exact) mass is 599 g/mol. The highest BCUT2D eigenvalue weighted by Gasteiger charge is 2.68. The third-order valence-electron chi connectivity index (χ3n) is 9.84. The summed E-state index contributed by atoms with van der Waals surface area (Å²) in [7, 11) is -1.25. The summed E-state index contributed by atoms with van der Waals surface area (Å²) in [6, 6.07) is 7.08. The number of hydrogen-bond acceptors (Lipinski definition) is 6. The number of nitrogens with one attached hydrogen (secondary N) is 1. The van der Waals surface area contributed by atoms with Crippen LogP contribution >= 0.6 is 0 Å². The molecule has 8 nitrogen and oxygen atoms in total. The topological polar surface area (TPSA) is 102 Å². The van der Waals surface area contributed by atoms with Crippen LogP contribution in [0.25, 0.3) is 11.1 Å². The van der Waals surface area contributed by atoms with Gasteiger partial charge in [-0.1, -0.05) is 39.6 Å². The Hall–Kier alpha value is -3.06. The van der Waals surface area contributed by atoms with Gasteiger partial charge < -0.3 is 19.4 Å². The summed E-state index contributed by atoms with van der Waals surface area (Å²) in [5.74, 6) is 0.986. The van der Waals surface area contributed by atoms with E-state index in [2.05, 4.69) is 75.9 Å². The number of anilines is 1. The molecule has 1 N–H and O–H groups in total. The average Bonchev–Trinajstić information content (AvgIpc) is 3.63. The molecule has 4 aliphatic rings. The van der Waals surface area contributed by atoms with Gasteiger partial charge in [0.1, 0.15) is 12.8 Å². The van der Waals surface area contributed by atoms with Crippen LogP contribution < -0.4 is 5.32 Å². The number of carbonyl (C=O) groups is 1. The first-order valence-corrected chi connectivity index (χ1v) is 19.4. The van der Waals surface area contributed by atoms with Crippen molar-refractivity contribution in [2.45, 2.75) is 103 Å². The fraction of sp³-hybridized carbons (Fsp3) is 0.588. The van der Waals surface area contributed by atoms with Crippen molar-refractivity contribution < 1.29 is 14.3 Å². The molecule has 0 aromatic carbocycles. The van der Waals surface area contributed by atoms with Crippen molar-refractivity contribution in [3.05, 3.63) is 53.4 Å². The van der Waals surface area contributed by atoms with E-state index in [1.165, 1.54) is 12.0 Å². The van der Waals surface area contributed by atoms with Crippen LogP contribution in [0.2, 0.25) is 25.7 Å². The molecule has 1 saturated heterocycles. The lowest BCUT2D eigenvalue weighted by Gasteiger charge is -2.38. The summed E-state index contributed by atoms with van der Waals surface area (Å²) in [6.07, 6.45) is 11.2. The molecule has 2 fully saturated rings. The molecule has 4 atom stereocenters. The van der Waals surface area contributed by atoms with Gasteiger partial charge in [0.2, 0.25) is 5.82 Å². The van der Waals surface area contributed by atoms with Crippen LogP contribution in [-0.2, 0) is 16.2 Å². The van der Waals surface area contributed by atoms with E-state index in [1.807, 2.05) is 12.1 Å². The summed E-state index contributed by atoms with van der Waals surface area (Å²) in [6.45, 7) is 16.7. The first-order valence-electron chi connectivity index (χ1n) is 15.7. The number of carbonyl (C=O) groups excluding carboxylic acids is 1. The number of rotatable bonds is 9. The van der Waals surface area contributed by atoms with Crippen LogP contribution in [0.3, 0.4) is 0 Å². The number of imidazole rings is 1. The summed E-state index contributed by atoms with van der Waals surface area (Å²) in [4.78, 5) is 23.2. The minimum absolute atomic E-state index is 0.140.